The standard InChI is InChI=1S/C23H27ClN4OS/c1-15-4-5-16(2)18(14-15)22(29)25-8-9-27-10-12-28(13-11-27)23-26-20-17(3)6-7-19(24)21(20)30-23/h4-7,14H,8-13H2,1-3H3,(H,25,29). The van der Waals surface area contributed by atoms with Crippen LogP contribution in [0.4, 0.5) is 5.13 Å². The maximum atomic E-state index is 12.5. The number of amides is 1. The van der Waals surface area contributed by atoms with Gasteiger partial charge in [0.15, 0.2) is 5.13 Å². The van der Waals surface area contributed by atoms with E-state index in [1.54, 1.807) is 11.3 Å². The van der Waals surface area contributed by atoms with Gasteiger partial charge in [0.05, 0.1) is 15.2 Å². The van der Waals surface area contributed by atoms with E-state index in [4.69, 9.17) is 16.6 Å². The van der Waals surface area contributed by atoms with Gasteiger partial charge in [-0.1, -0.05) is 46.7 Å². The largest absolute Gasteiger partial charge is 0.351 e. The van der Waals surface area contributed by atoms with Crippen LogP contribution in [0.3, 0.4) is 0 Å². The van der Waals surface area contributed by atoms with Gasteiger partial charge in [0, 0.05) is 44.8 Å². The Morgan fingerprint density at radius 1 is 1.10 bits per heavy atom. The second kappa shape index (κ2) is 8.92. The first kappa shape index (κ1) is 21.1. The SMILES string of the molecule is Cc1ccc(C)c(C(=O)NCCN2CCN(c3nc4c(C)ccc(Cl)c4s3)CC2)c1. The van der Waals surface area contributed by atoms with Gasteiger partial charge in [-0.25, -0.2) is 4.98 Å². The number of hydrogen-bond acceptors (Lipinski definition) is 5. The number of piperazine rings is 1. The molecule has 2 heterocycles. The maximum absolute atomic E-state index is 12.5. The number of nitrogens with one attached hydrogen (secondary N) is 1. The quantitative estimate of drug-likeness (QED) is 0.635. The second-order valence-corrected chi connectivity index (χ2v) is 9.33. The molecule has 0 radical (unpaired) electrons. The summed E-state index contributed by atoms with van der Waals surface area (Å²) in [6, 6.07) is 9.96. The van der Waals surface area contributed by atoms with Gasteiger partial charge in [-0.15, -0.1) is 0 Å². The highest BCUT2D eigenvalue weighted by Gasteiger charge is 2.21. The van der Waals surface area contributed by atoms with Crippen LogP contribution in [0.25, 0.3) is 10.2 Å². The molecule has 1 aromatic heterocycles. The Bertz CT molecular complexity index is 1030. The molecule has 158 valence electrons. The Kier molecular flexibility index (Phi) is 6.27. The van der Waals surface area contributed by atoms with Crippen LogP contribution >= 0.6 is 22.9 Å². The van der Waals surface area contributed by atoms with Gasteiger partial charge in [-0.05, 0) is 44.0 Å². The molecule has 1 amide bonds. The zero-order valence-electron chi connectivity index (χ0n) is 17.7. The van der Waals surface area contributed by atoms with Crippen molar-refractivity contribution >= 4 is 44.2 Å². The van der Waals surface area contributed by atoms with E-state index in [2.05, 4.69) is 22.0 Å². The van der Waals surface area contributed by atoms with E-state index in [-0.39, 0.29) is 5.91 Å². The van der Waals surface area contributed by atoms with Crippen LogP contribution in [0.15, 0.2) is 30.3 Å². The molecule has 7 heteroatoms. The van der Waals surface area contributed by atoms with Crippen LogP contribution in [0.2, 0.25) is 5.02 Å². The molecule has 5 nitrogen and oxygen atoms in total. The van der Waals surface area contributed by atoms with E-state index in [0.29, 0.717) is 6.54 Å². The average molecular weight is 443 g/mol. The highest BCUT2D eigenvalue weighted by molar-refractivity contribution is 7.22. The lowest BCUT2D eigenvalue weighted by Gasteiger charge is -2.34. The lowest BCUT2D eigenvalue weighted by atomic mass is 10.1. The minimum atomic E-state index is 0.0107. The summed E-state index contributed by atoms with van der Waals surface area (Å²) in [7, 11) is 0. The molecule has 1 fully saturated rings. The van der Waals surface area contributed by atoms with Crippen molar-refractivity contribution in [3.05, 3.63) is 57.6 Å². The highest BCUT2D eigenvalue weighted by atomic mass is 35.5. The topological polar surface area (TPSA) is 48.5 Å². The van der Waals surface area contributed by atoms with Gasteiger partial charge < -0.3 is 10.2 Å². The number of aryl methyl sites for hydroxylation is 3. The monoisotopic (exact) mass is 442 g/mol. The van der Waals surface area contributed by atoms with Crippen LogP contribution in [0.1, 0.15) is 27.0 Å². The average Bonchev–Trinajstić information content (AvgIpc) is 3.20. The number of benzene rings is 2. The molecule has 1 aliphatic rings. The van der Waals surface area contributed by atoms with E-state index in [1.165, 1.54) is 0 Å². The van der Waals surface area contributed by atoms with Gasteiger partial charge in [0.25, 0.3) is 5.91 Å². The third-order valence-corrected chi connectivity index (χ3v) is 7.26. The Balaban J connectivity index is 1.29. The van der Waals surface area contributed by atoms with E-state index in [0.717, 1.165) is 75.3 Å². The number of fused-ring (bicyclic) bond motifs is 1. The molecular weight excluding hydrogens is 416 g/mol. The lowest BCUT2D eigenvalue weighted by molar-refractivity contribution is 0.0947. The molecule has 0 spiro atoms. The Morgan fingerprint density at radius 2 is 1.83 bits per heavy atom. The van der Waals surface area contributed by atoms with Crippen molar-refractivity contribution in [3.63, 3.8) is 0 Å². The predicted molar refractivity (Wildman–Crippen MR) is 126 cm³/mol. The van der Waals surface area contributed by atoms with E-state index in [9.17, 15) is 4.79 Å². The Hall–Kier alpha value is -2.15. The molecule has 1 N–H and O–H groups in total. The molecule has 0 aliphatic carbocycles. The van der Waals surface area contributed by atoms with Crippen LogP contribution in [0.5, 0.6) is 0 Å². The van der Waals surface area contributed by atoms with E-state index in [1.807, 2.05) is 44.2 Å². The number of carbonyl (C=O) groups excluding carboxylic acids is 1. The molecule has 0 unspecified atom stereocenters. The molecule has 30 heavy (non-hydrogen) atoms. The first-order valence-electron chi connectivity index (χ1n) is 10.3. The van der Waals surface area contributed by atoms with Crippen molar-refractivity contribution < 1.29 is 4.79 Å². The normalized spacial score (nSPS) is 15.0. The van der Waals surface area contributed by atoms with Crippen LogP contribution in [-0.2, 0) is 0 Å². The molecule has 0 bridgehead atoms. The molecule has 0 atom stereocenters. The highest BCUT2D eigenvalue weighted by Crippen LogP contribution is 2.35. The number of carbonyl (C=O) groups is 1. The van der Waals surface area contributed by atoms with Gasteiger partial charge in [-0.3, -0.25) is 9.69 Å². The van der Waals surface area contributed by atoms with Crippen molar-refractivity contribution in [1.29, 1.82) is 0 Å². The maximum Gasteiger partial charge on any atom is 0.251 e. The van der Waals surface area contributed by atoms with Crippen molar-refractivity contribution in [2.24, 2.45) is 0 Å². The minimum Gasteiger partial charge on any atom is -0.351 e. The van der Waals surface area contributed by atoms with Crippen LogP contribution < -0.4 is 10.2 Å². The molecule has 1 aliphatic heterocycles. The number of hydrogen-bond donors (Lipinski definition) is 1. The molecule has 2 aromatic carbocycles. The number of anilines is 1. The summed E-state index contributed by atoms with van der Waals surface area (Å²) >= 11 is 8.03. The zero-order valence-corrected chi connectivity index (χ0v) is 19.2. The fraction of sp³-hybridized carbons (Fsp3) is 0.391. The van der Waals surface area contributed by atoms with Gasteiger partial charge >= 0.3 is 0 Å². The number of thiazole rings is 1. The second-order valence-electron chi connectivity index (χ2n) is 7.94. The number of nitrogens with zero attached hydrogens (tertiary/aromatic N) is 3. The molecule has 1 saturated heterocycles. The Labute approximate surface area is 186 Å². The summed E-state index contributed by atoms with van der Waals surface area (Å²) in [6.45, 7) is 11.4. The summed E-state index contributed by atoms with van der Waals surface area (Å²) in [5.74, 6) is 0.0107. The van der Waals surface area contributed by atoms with Gasteiger partial charge in [0.1, 0.15) is 0 Å². The van der Waals surface area contributed by atoms with Crippen molar-refractivity contribution in [2.75, 3.05) is 44.2 Å². The molecule has 4 rings (SSSR count). The van der Waals surface area contributed by atoms with E-state index >= 15 is 0 Å². The lowest BCUT2D eigenvalue weighted by Crippen LogP contribution is -2.48. The molecule has 3 aromatic rings. The van der Waals surface area contributed by atoms with Crippen LogP contribution in [0, 0.1) is 20.8 Å². The van der Waals surface area contributed by atoms with Crippen molar-refractivity contribution in [2.45, 2.75) is 20.8 Å². The van der Waals surface area contributed by atoms with Crippen molar-refractivity contribution in [3.8, 4) is 0 Å². The van der Waals surface area contributed by atoms with Crippen LogP contribution in [-0.4, -0.2) is 55.1 Å². The molecule has 0 saturated carbocycles. The molecular formula is C23H27ClN4OS. The van der Waals surface area contributed by atoms with Crippen molar-refractivity contribution in [1.82, 2.24) is 15.2 Å². The van der Waals surface area contributed by atoms with E-state index < -0.39 is 0 Å². The third-order valence-electron chi connectivity index (χ3n) is 5.68. The third kappa shape index (κ3) is 4.46. The summed E-state index contributed by atoms with van der Waals surface area (Å²) < 4.78 is 1.07. The summed E-state index contributed by atoms with van der Waals surface area (Å²) in [5.41, 5.74) is 5.06. The predicted octanol–water partition coefficient (Wildman–Crippen LogP) is 4.43. The number of aromatic nitrogens is 1. The first-order valence-corrected chi connectivity index (χ1v) is 11.5. The summed E-state index contributed by atoms with van der Waals surface area (Å²) in [4.78, 5) is 22.1. The minimum absolute atomic E-state index is 0.0107. The summed E-state index contributed by atoms with van der Waals surface area (Å²) in [6.07, 6.45) is 0. The van der Waals surface area contributed by atoms with Gasteiger partial charge in [-0.2, -0.15) is 0 Å². The fourth-order valence-electron chi connectivity index (χ4n) is 3.79. The fourth-order valence-corrected chi connectivity index (χ4v) is 5.16. The first-order chi connectivity index (χ1) is 14.4. The number of rotatable bonds is 5. The number of halogens is 1. The summed E-state index contributed by atoms with van der Waals surface area (Å²) in [5, 5.41) is 4.89. The zero-order chi connectivity index (χ0) is 21.3. The Morgan fingerprint density at radius 3 is 2.57 bits per heavy atom. The van der Waals surface area contributed by atoms with Gasteiger partial charge in [0.2, 0.25) is 0 Å². The smallest absolute Gasteiger partial charge is 0.251 e.